The van der Waals surface area contributed by atoms with E-state index in [9.17, 15) is 61.5 Å². The van der Waals surface area contributed by atoms with Gasteiger partial charge in [-0.25, -0.2) is 35.2 Å². The van der Waals surface area contributed by atoms with E-state index < -0.39 is 89.6 Å². The van der Waals surface area contributed by atoms with E-state index in [1.54, 1.807) is 17.0 Å². The maximum Gasteiger partial charge on any atom is 0.435 e. The SMILES string of the molecule is CN(C)C1(c2cccc(F)c2)CCC2(CC1)CN(c1cc(C(F)(F)F)nn1S(C)(=O)=O)C(=O)N2.CN(C)C1(c2cccc(F)c2)CCC2(CC1)CN(c1cc(C(F)(F)F)nn1S(C)(=O)=O)C(=O)N2CC1CC1. The molecule has 0 unspecified atom stereocenters. The minimum atomic E-state index is -4.88. The molecule has 2 aromatic carbocycles. The maximum absolute atomic E-state index is 14.2. The summed E-state index contributed by atoms with van der Waals surface area (Å²) in [5.74, 6) is -1.24. The van der Waals surface area contributed by atoms with Crippen molar-refractivity contribution in [3.05, 3.63) is 94.8 Å². The monoisotopic (exact) mass is 1060 g/mol. The Labute approximate surface area is 412 Å². The topological polar surface area (TPSA) is 166 Å². The van der Waals surface area contributed by atoms with Gasteiger partial charge in [0.05, 0.1) is 36.7 Å². The highest BCUT2D eigenvalue weighted by atomic mass is 32.2. The minimum absolute atomic E-state index is 0.0169. The van der Waals surface area contributed by atoms with Crippen LogP contribution in [-0.2, 0) is 43.5 Å². The van der Waals surface area contributed by atoms with Crippen LogP contribution in [0.15, 0.2) is 60.7 Å². The van der Waals surface area contributed by atoms with Crippen LogP contribution in [-0.4, -0.2) is 133 Å². The van der Waals surface area contributed by atoms with E-state index in [1.807, 2.05) is 45.2 Å². The van der Waals surface area contributed by atoms with Crippen LogP contribution < -0.4 is 15.1 Å². The lowest BCUT2D eigenvalue weighted by molar-refractivity contribution is -0.142. The summed E-state index contributed by atoms with van der Waals surface area (Å²) in [6.07, 6.45) is -2.10. The normalized spacial score (nSPS) is 26.3. The van der Waals surface area contributed by atoms with E-state index in [0.29, 0.717) is 80.0 Å². The van der Waals surface area contributed by atoms with E-state index in [2.05, 4.69) is 20.4 Å². The second-order valence-corrected chi connectivity index (χ2v) is 23.9. The summed E-state index contributed by atoms with van der Waals surface area (Å²) in [5.41, 5.74) is -3.57. The van der Waals surface area contributed by atoms with Gasteiger partial charge >= 0.3 is 24.4 Å². The molecule has 4 amide bonds. The predicted octanol–water partition coefficient (Wildman–Crippen LogP) is 7.42. The lowest BCUT2D eigenvalue weighted by Gasteiger charge is -2.51. The number of hydrogen-bond acceptors (Lipinski definition) is 10. The molecule has 3 saturated carbocycles. The molecule has 4 heterocycles. The largest absolute Gasteiger partial charge is 0.435 e. The summed E-state index contributed by atoms with van der Waals surface area (Å²) in [7, 11) is -0.777. The molecule has 0 atom stereocenters. The molecule has 72 heavy (non-hydrogen) atoms. The number of carbonyl (C=O) groups is 2. The summed E-state index contributed by atoms with van der Waals surface area (Å²) >= 11 is 0. The highest BCUT2D eigenvalue weighted by molar-refractivity contribution is 7.89. The molecule has 394 valence electrons. The lowest BCUT2D eigenvalue weighted by Crippen LogP contribution is -2.55. The lowest BCUT2D eigenvalue weighted by atomic mass is 9.68. The van der Waals surface area contributed by atoms with Gasteiger partial charge in [0.25, 0.3) is 20.0 Å². The van der Waals surface area contributed by atoms with Crippen molar-refractivity contribution in [3.8, 4) is 0 Å². The van der Waals surface area contributed by atoms with Gasteiger partial charge < -0.3 is 10.2 Å². The zero-order chi connectivity index (χ0) is 52.8. The number of hydrogen-bond donors (Lipinski definition) is 1. The van der Waals surface area contributed by atoms with Crippen LogP contribution in [0.1, 0.15) is 86.7 Å². The van der Waals surface area contributed by atoms with Crippen LogP contribution in [0.2, 0.25) is 0 Å². The fraction of sp³-hybridized carbons (Fsp3) is 0.565. The third kappa shape index (κ3) is 9.90. The number of nitrogens with one attached hydrogen (secondary N) is 1. The fourth-order valence-electron chi connectivity index (χ4n) is 11.1. The van der Waals surface area contributed by atoms with Crippen molar-refractivity contribution >= 4 is 43.7 Å². The number of aromatic nitrogens is 4. The van der Waals surface area contributed by atoms with Crippen LogP contribution in [0.25, 0.3) is 0 Å². The van der Waals surface area contributed by atoms with Gasteiger partial charge in [-0.3, -0.25) is 19.6 Å². The Morgan fingerprint density at radius 1 is 0.639 bits per heavy atom. The number of halogens is 8. The Balaban J connectivity index is 0.000000194. The number of alkyl halides is 6. The van der Waals surface area contributed by atoms with Crippen molar-refractivity contribution in [1.82, 2.24) is 38.4 Å². The van der Waals surface area contributed by atoms with Crippen molar-refractivity contribution < 1.29 is 61.5 Å². The van der Waals surface area contributed by atoms with Crippen LogP contribution in [0.4, 0.5) is 56.3 Å². The Kier molecular flexibility index (Phi) is 13.4. The summed E-state index contributed by atoms with van der Waals surface area (Å²) in [6, 6.07) is 12.8. The molecule has 1 N–H and O–H groups in total. The van der Waals surface area contributed by atoms with Crippen molar-refractivity contribution in [3.63, 3.8) is 0 Å². The molecule has 2 spiro atoms. The average Bonchev–Trinajstić information content (AvgIpc) is 3.55. The average molecular weight is 1060 g/mol. The number of amides is 4. The molecule has 16 nitrogen and oxygen atoms in total. The molecule has 2 aromatic heterocycles. The second kappa shape index (κ2) is 18.2. The Bertz CT molecular complexity index is 2960. The standard InChI is InChI=1S/C25H31F4N5O3S.C21H25F4N5O3S/c1-31(2)24(18-5-4-6-19(26)13-18)11-9-23(10-12-24)16-32(22(35)33(23)15-17-7-8-17)21-14-20(25(27,28)29)30-34(21)38(3,36)37;1-28(2)20(14-5-4-6-15(22)11-14)9-7-19(8-10-20)13-29(18(31)26-19)17-12-16(21(23,24)25)27-30(17)34(3,32)33/h4-6,13-14,17H,7-12,15-16H2,1-3H3;4-6,11-12H,7-10,13H2,1-3H3,(H,26,31). The number of rotatable bonds is 10. The molecule has 0 bridgehead atoms. The van der Waals surface area contributed by atoms with Crippen molar-refractivity contribution in [2.75, 3.05) is 70.1 Å². The van der Waals surface area contributed by atoms with E-state index in [4.69, 9.17) is 0 Å². The van der Waals surface area contributed by atoms with Crippen molar-refractivity contribution in [1.29, 1.82) is 0 Å². The first-order valence-corrected chi connectivity index (χ1v) is 26.8. The molecule has 3 aliphatic carbocycles. The van der Waals surface area contributed by atoms with E-state index in [0.717, 1.165) is 46.3 Å². The fourth-order valence-corrected chi connectivity index (χ4v) is 12.5. The Hall–Kier alpha value is -5.34. The van der Waals surface area contributed by atoms with E-state index in [-0.39, 0.29) is 28.8 Å². The zero-order valence-corrected chi connectivity index (χ0v) is 42.0. The minimum Gasteiger partial charge on any atom is -0.330 e. The van der Waals surface area contributed by atoms with Gasteiger partial charge in [-0.2, -0.15) is 36.5 Å². The van der Waals surface area contributed by atoms with Gasteiger partial charge in [0.15, 0.2) is 23.0 Å². The predicted molar refractivity (Wildman–Crippen MR) is 249 cm³/mol. The zero-order valence-electron chi connectivity index (χ0n) is 40.4. The van der Waals surface area contributed by atoms with Gasteiger partial charge in [-0.05, 0) is 134 Å². The Morgan fingerprint density at radius 2 is 1.07 bits per heavy atom. The molecule has 5 aliphatic rings. The number of anilines is 2. The summed E-state index contributed by atoms with van der Waals surface area (Å²) in [6.45, 7) is 0.490. The summed E-state index contributed by atoms with van der Waals surface area (Å²) < 4.78 is 158. The van der Waals surface area contributed by atoms with Crippen LogP contribution in [0, 0.1) is 17.6 Å². The highest BCUT2D eigenvalue weighted by Gasteiger charge is 2.57. The van der Waals surface area contributed by atoms with Crippen LogP contribution in [0.3, 0.4) is 0 Å². The van der Waals surface area contributed by atoms with Crippen molar-refractivity contribution in [2.45, 2.75) is 98.7 Å². The smallest absolute Gasteiger partial charge is 0.330 e. The molecule has 9 rings (SSSR count). The molecular formula is C46H56F8N10O6S2. The molecule has 5 fully saturated rings. The number of carbonyl (C=O) groups excluding carboxylic acids is 2. The Morgan fingerprint density at radius 3 is 1.46 bits per heavy atom. The first kappa shape index (κ1) is 53.0. The molecule has 26 heteroatoms. The number of benzene rings is 2. The summed E-state index contributed by atoms with van der Waals surface area (Å²) in [5, 5.41) is 9.37. The quantitative estimate of drug-likeness (QED) is 0.158. The van der Waals surface area contributed by atoms with Gasteiger partial charge in [0.2, 0.25) is 0 Å². The third-order valence-electron chi connectivity index (χ3n) is 15.3. The molecular weight excluding hydrogens is 1000 g/mol. The van der Waals surface area contributed by atoms with Crippen molar-refractivity contribution in [2.24, 2.45) is 5.92 Å². The van der Waals surface area contributed by atoms with Gasteiger partial charge in [-0.1, -0.05) is 24.3 Å². The van der Waals surface area contributed by atoms with Crippen LogP contribution >= 0.6 is 0 Å². The number of nitrogens with zero attached hydrogens (tertiary/aromatic N) is 9. The first-order chi connectivity index (χ1) is 33.3. The van der Waals surface area contributed by atoms with Gasteiger partial charge in [0, 0.05) is 29.8 Å². The second-order valence-electron chi connectivity index (χ2n) is 20.3. The summed E-state index contributed by atoms with van der Waals surface area (Å²) in [4.78, 5) is 34.5. The first-order valence-electron chi connectivity index (χ1n) is 23.1. The van der Waals surface area contributed by atoms with E-state index >= 15 is 0 Å². The van der Waals surface area contributed by atoms with Crippen LogP contribution in [0.5, 0.6) is 0 Å². The highest BCUT2D eigenvalue weighted by Crippen LogP contribution is 2.52. The molecule has 2 aliphatic heterocycles. The van der Waals surface area contributed by atoms with E-state index in [1.165, 1.54) is 24.3 Å². The van der Waals surface area contributed by atoms with Gasteiger partial charge in [-0.15, -0.1) is 8.17 Å². The van der Waals surface area contributed by atoms with Gasteiger partial charge in [0.1, 0.15) is 11.6 Å². The number of urea groups is 2. The molecule has 2 saturated heterocycles. The maximum atomic E-state index is 14.2. The third-order valence-corrected chi connectivity index (χ3v) is 17.1. The molecule has 0 radical (unpaired) electrons. The molecule has 4 aromatic rings.